The Morgan fingerprint density at radius 2 is 1.94 bits per heavy atom. The molecule has 2 nitrogen and oxygen atoms in total. The lowest BCUT2D eigenvalue weighted by Crippen LogP contribution is -2.07. The molecule has 0 aliphatic rings. The topological polar surface area (TPSA) is 30.0 Å². The quantitative estimate of drug-likeness (QED) is 0.640. The fourth-order valence-electron chi connectivity index (χ4n) is 1.44. The maximum atomic E-state index is 12.7. The molecule has 0 amide bonds. The van der Waals surface area contributed by atoms with Gasteiger partial charge in [0.15, 0.2) is 5.78 Å². The van der Waals surface area contributed by atoms with Crippen LogP contribution in [0.25, 0.3) is 0 Å². The lowest BCUT2D eigenvalue weighted by Gasteiger charge is -2.08. The van der Waals surface area contributed by atoms with Crippen molar-refractivity contribution in [2.24, 2.45) is 0 Å². The van der Waals surface area contributed by atoms with E-state index < -0.39 is 4.83 Å². The maximum Gasteiger partial charge on any atom is 0.180 e. The molecule has 1 unspecified atom stereocenters. The van der Waals surface area contributed by atoms with Crippen LogP contribution in [-0.4, -0.2) is 10.8 Å². The Bertz CT molecular complexity index is 513. The van der Waals surface area contributed by atoms with E-state index in [2.05, 4.69) is 20.9 Å². The fraction of sp³-hybridized carbons (Fsp3) is 0.0769. The zero-order chi connectivity index (χ0) is 12.3. The third-order valence-electron chi connectivity index (χ3n) is 2.34. The number of aromatic nitrogens is 1. The van der Waals surface area contributed by atoms with E-state index in [0.717, 1.165) is 5.56 Å². The molecule has 0 N–H and O–H groups in total. The van der Waals surface area contributed by atoms with Crippen molar-refractivity contribution in [3.05, 3.63) is 65.7 Å². The summed E-state index contributed by atoms with van der Waals surface area (Å²) in [6.45, 7) is 0. The molecule has 0 aliphatic heterocycles. The second kappa shape index (κ2) is 5.19. The molecule has 0 fully saturated rings. The number of hydrogen-bond acceptors (Lipinski definition) is 2. The van der Waals surface area contributed by atoms with Gasteiger partial charge in [-0.15, -0.1) is 0 Å². The van der Waals surface area contributed by atoms with Gasteiger partial charge in [-0.1, -0.05) is 22.0 Å². The minimum Gasteiger partial charge on any atom is -0.293 e. The number of hydrogen-bond donors (Lipinski definition) is 0. The summed E-state index contributed by atoms with van der Waals surface area (Å²) in [6, 6.07) is 9.08. The number of ketones is 1. The van der Waals surface area contributed by atoms with Crippen LogP contribution in [0.2, 0.25) is 0 Å². The van der Waals surface area contributed by atoms with E-state index in [1.165, 1.54) is 24.3 Å². The zero-order valence-corrected chi connectivity index (χ0v) is 10.4. The average molecular weight is 294 g/mol. The van der Waals surface area contributed by atoms with Crippen LogP contribution in [0, 0.1) is 5.82 Å². The van der Waals surface area contributed by atoms with Crippen LogP contribution >= 0.6 is 15.9 Å². The largest absolute Gasteiger partial charge is 0.293 e. The molecule has 0 saturated heterocycles. The highest BCUT2D eigenvalue weighted by atomic mass is 79.9. The highest BCUT2D eigenvalue weighted by Crippen LogP contribution is 2.26. The van der Waals surface area contributed by atoms with Gasteiger partial charge in [-0.3, -0.25) is 9.78 Å². The van der Waals surface area contributed by atoms with Crippen molar-refractivity contribution in [2.45, 2.75) is 4.83 Å². The Morgan fingerprint density at radius 3 is 2.53 bits per heavy atom. The molecule has 0 spiro atoms. The highest BCUT2D eigenvalue weighted by molar-refractivity contribution is 9.09. The number of alkyl halides is 1. The minimum absolute atomic E-state index is 0.113. The van der Waals surface area contributed by atoms with Gasteiger partial charge in [-0.2, -0.15) is 0 Å². The number of pyridine rings is 1. The molecule has 4 heteroatoms. The summed E-state index contributed by atoms with van der Waals surface area (Å²) < 4.78 is 12.7. The number of nitrogens with zero attached hydrogens (tertiary/aromatic N) is 1. The molecule has 1 aromatic heterocycles. The third-order valence-corrected chi connectivity index (χ3v) is 3.28. The second-order valence-electron chi connectivity index (χ2n) is 3.52. The maximum absolute atomic E-state index is 12.7. The normalized spacial score (nSPS) is 12.1. The first kappa shape index (κ1) is 11.9. The van der Waals surface area contributed by atoms with Gasteiger partial charge in [-0.25, -0.2) is 4.39 Å². The van der Waals surface area contributed by atoms with Crippen molar-refractivity contribution in [1.82, 2.24) is 4.98 Å². The molecule has 86 valence electrons. The number of halogens is 2. The summed E-state index contributed by atoms with van der Waals surface area (Å²) in [6.07, 6.45) is 3.27. The summed E-state index contributed by atoms with van der Waals surface area (Å²) in [7, 11) is 0. The van der Waals surface area contributed by atoms with Crippen molar-refractivity contribution in [3.8, 4) is 0 Å². The van der Waals surface area contributed by atoms with E-state index in [0.29, 0.717) is 5.56 Å². The van der Waals surface area contributed by atoms with Crippen molar-refractivity contribution in [3.63, 3.8) is 0 Å². The first-order valence-corrected chi connectivity index (χ1v) is 5.94. The van der Waals surface area contributed by atoms with Crippen LogP contribution in [0.3, 0.4) is 0 Å². The lowest BCUT2D eigenvalue weighted by molar-refractivity contribution is 0.0991. The van der Waals surface area contributed by atoms with Crippen LogP contribution in [0.5, 0.6) is 0 Å². The van der Waals surface area contributed by atoms with Gasteiger partial charge < -0.3 is 0 Å². The Hall–Kier alpha value is -1.55. The molecule has 0 bridgehead atoms. The highest BCUT2D eigenvalue weighted by Gasteiger charge is 2.18. The van der Waals surface area contributed by atoms with Gasteiger partial charge in [0.05, 0.1) is 0 Å². The van der Waals surface area contributed by atoms with Crippen LogP contribution in [-0.2, 0) is 0 Å². The Balaban J connectivity index is 2.23. The molecule has 0 saturated carbocycles. The molecular weight excluding hydrogens is 285 g/mol. The van der Waals surface area contributed by atoms with Crippen LogP contribution < -0.4 is 0 Å². The summed E-state index contributed by atoms with van der Waals surface area (Å²) in [5.74, 6) is -0.466. The van der Waals surface area contributed by atoms with Gasteiger partial charge in [0.1, 0.15) is 10.6 Å². The standard InChI is InChI=1S/C13H9BrFNO/c14-12(10-2-1-7-16-8-10)13(17)9-3-5-11(15)6-4-9/h1-8,12H. The summed E-state index contributed by atoms with van der Waals surface area (Å²) in [5, 5.41) is 0. The predicted molar refractivity (Wildman–Crippen MR) is 66.6 cm³/mol. The molecule has 1 aromatic carbocycles. The van der Waals surface area contributed by atoms with E-state index in [4.69, 9.17) is 0 Å². The van der Waals surface area contributed by atoms with Crippen molar-refractivity contribution in [1.29, 1.82) is 0 Å². The third kappa shape index (κ3) is 2.77. The first-order chi connectivity index (χ1) is 8.18. The van der Waals surface area contributed by atoms with Gasteiger partial charge in [0.25, 0.3) is 0 Å². The summed E-state index contributed by atoms with van der Waals surface area (Å²) >= 11 is 3.32. The number of rotatable bonds is 3. The molecule has 2 rings (SSSR count). The SMILES string of the molecule is O=C(c1ccc(F)cc1)C(Br)c1cccnc1. The van der Waals surface area contributed by atoms with Gasteiger partial charge >= 0.3 is 0 Å². The van der Waals surface area contributed by atoms with E-state index in [-0.39, 0.29) is 11.6 Å². The number of benzene rings is 1. The minimum atomic E-state index is -0.457. The zero-order valence-electron chi connectivity index (χ0n) is 8.81. The predicted octanol–water partition coefficient (Wildman–Crippen LogP) is 3.54. The summed E-state index contributed by atoms with van der Waals surface area (Å²) in [4.78, 5) is 15.6. The second-order valence-corrected chi connectivity index (χ2v) is 4.44. The van der Waals surface area contributed by atoms with Crippen molar-refractivity contribution >= 4 is 21.7 Å². The van der Waals surface area contributed by atoms with E-state index in [1.54, 1.807) is 18.5 Å². The van der Waals surface area contributed by atoms with Gasteiger partial charge in [0, 0.05) is 18.0 Å². The van der Waals surface area contributed by atoms with E-state index >= 15 is 0 Å². The van der Waals surface area contributed by atoms with E-state index in [1.807, 2.05) is 6.07 Å². The number of carbonyl (C=O) groups excluding carboxylic acids is 1. The van der Waals surface area contributed by atoms with Crippen LogP contribution in [0.1, 0.15) is 20.7 Å². The smallest absolute Gasteiger partial charge is 0.180 e. The van der Waals surface area contributed by atoms with Crippen molar-refractivity contribution < 1.29 is 9.18 Å². The Kier molecular flexibility index (Phi) is 3.64. The Labute approximate surface area is 107 Å². The summed E-state index contributed by atoms with van der Waals surface area (Å²) in [5.41, 5.74) is 1.25. The fourth-order valence-corrected chi connectivity index (χ4v) is 1.97. The van der Waals surface area contributed by atoms with Crippen molar-refractivity contribution in [2.75, 3.05) is 0 Å². The molecule has 0 aliphatic carbocycles. The monoisotopic (exact) mass is 293 g/mol. The van der Waals surface area contributed by atoms with E-state index in [9.17, 15) is 9.18 Å². The molecule has 17 heavy (non-hydrogen) atoms. The van der Waals surface area contributed by atoms with Crippen LogP contribution in [0.15, 0.2) is 48.8 Å². The average Bonchev–Trinajstić information content (AvgIpc) is 2.39. The van der Waals surface area contributed by atoms with Gasteiger partial charge in [0.2, 0.25) is 0 Å². The Morgan fingerprint density at radius 1 is 1.24 bits per heavy atom. The molecule has 1 heterocycles. The number of Topliss-reactive ketones (excluding diaryl/α,β-unsaturated/α-hetero) is 1. The lowest BCUT2D eigenvalue weighted by atomic mass is 10.0. The first-order valence-electron chi connectivity index (χ1n) is 5.02. The molecule has 0 radical (unpaired) electrons. The van der Waals surface area contributed by atoms with Gasteiger partial charge in [-0.05, 0) is 35.9 Å². The van der Waals surface area contributed by atoms with Crippen LogP contribution in [0.4, 0.5) is 4.39 Å². The molecular formula is C13H9BrFNO. The molecule has 1 atom stereocenters. The number of carbonyl (C=O) groups is 1. The molecule has 2 aromatic rings.